The average Bonchev–Trinajstić information content (AvgIpc) is 3.03. The summed E-state index contributed by atoms with van der Waals surface area (Å²) in [5.74, 6) is -0.0568. The van der Waals surface area contributed by atoms with Crippen LogP contribution in [-0.2, 0) is 4.79 Å². The Bertz CT molecular complexity index is 876. The molecule has 0 bridgehead atoms. The van der Waals surface area contributed by atoms with Gasteiger partial charge in [-0.05, 0) is 37.3 Å². The first-order chi connectivity index (χ1) is 12.0. The van der Waals surface area contributed by atoms with E-state index >= 15 is 0 Å². The van der Waals surface area contributed by atoms with Crippen molar-refractivity contribution in [2.45, 2.75) is 13.0 Å². The molecule has 0 aliphatic carbocycles. The number of halogens is 2. The van der Waals surface area contributed by atoms with Crippen molar-refractivity contribution >= 4 is 32.8 Å². The molecule has 0 aliphatic rings. The molecule has 1 amide bonds. The van der Waals surface area contributed by atoms with Crippen molar-refractivity contribution in [3.63, 3.8) is 0 Å². The largest absolute Gasteiger partial charge is 0.481 e. The molecule has 6 heteroatoms. The summed E-state index contributed by atoms with van der Waals surface area (Å²) in [5, 5.41) is 0.985. The van der Waals surface area contributed by atoms with Gasteiger partial charge in [-0.15, -0.1) is 0 Å². The topological polar surface area (TPSA) is 42.7 Å². The third-order valence-electron chi connectivity index (χ3n) is 4.08. The summed E-state index contributed by atoms with van der Waals surface area (Å²) < 4.78 is 25.5. The molecule has 0 fully saturated rings. The highest BCUT2D eigenvalue weighted by atomic mass is 79.9. The summed E-state index contributed by atoms with van der Waals surface area (Å²) in [5.41, 5.74) is 0.776. The van der Waals surface area contributed by atoms with Crippen LogP contribution in [-0.4, -0.2) is 24.5 Å². The molecule has 1 heterocycles. The van der Waals surface area contributed by atoms with Crippen LogP contribution in [0.4, 0.5) is 4.39 Å². The molecule has 130 valence electrons. The number of amides is 1. The van der Waals surface area contributed by atoms with Crippen LogP contribution in [0.15, 0.2) is 57.4 Å². The van der Waals surface area contributed by atoms with Crippen molar-refractivity contribution in [3.05, 3.63) is 64.6 Å². The van der Waals surface area contributed by atoms with E-state index in [-0.39, 0.29) is 24.3 Å². The lowest BCUT2D eigenvalue weighted by molar-refractivity contribution is -0.134. The van der Waals surface area contributed by atoms with Gasteiger partial charge in [-0.1, -0.05) is 34.1 Å². The molecule has 1 unspecified atom stereocenters. The fourth-order valence-electron chi connectivity index (χ4n) is 2.45. The summed E-state index contributed by atoms with van der Waals surface area (Å²) in [6.07, 6.45) is 0. The van der Waals surface area contributed by atoms with Gasteiger partial charge in [0.15, 0.2) is 18.2 Å². The maximum absolute atomic E-state index is 13.7. The summed E-state index contributed by atoms with van der Waals surface area (Å²) in [4.78, 5) is 13.9. The number of hydrogen-bond acceptors (Lipinski definition) is 3. The van der Waals surface area contributed by atoms with Crippen LogP contribution in [0.5, 0.6) is 5.75 Å². The standard InChI is InChI=1S/C19H17BrFNO3/c1-12(18-9-13-5-3-4-6-16(13)25-18)22(2)19(23)11-24-17-8-7-14(20)10-15(17)21/h3-10,12H,11H2,1-2H3. The number of nitrogens with zero attached hydrogens (tertiary/aromatic N) is 1. The Kier molecular flexibility index (Phi) is 5.08. The summed E-state index contributed by atoms with van der Waals surface area (Å²) in [7, 11) is 1.67. The molecule has 0 N–H and O–H groups in total. The van der Waals surface area contributed by atoms with Crippen LogP contribution in [0.2, 0.25) is 0 Å². The molecule has 1 atom stereocenters. The molecule has 3 rings (SSSR count). The molecule has 0 spiro atoms. The lowest BCUT2D eigenvalue weighted by Crippen LogP contribution is -2.33. The molecule has 0 aliphatic heterocycles. The monoisotopic (exact) mass is 405 g/mol. The minimum atomic E-state index is -0.518. The SMILES string of the molecule is CC(c1cc2ccccc2o1)N(C)C(=O)COc1ccc(Br)cc1F. The van der Waals surface area contributed by atoms with E-state index in [9.17, 15) is 9.18 Å². The molecule has 0 radical (unpaired) electrons. The van der Waals surface area contributed by atoms with E-state index in [1.807, 2.05) is 37.3 Å². The predicted molar refractivity (Wildman–Crippen MR) is 97.0 cm³/mol. The van der Waals surface area contributed by atoms with Gasteiger partial charge in [-0.3, -0.25) is 4.79 Å². The Hall–Kier alpha value is -2.34. The number of carbonyl (C=O) groups excluding carboxylic acids is 1. The van der Waals surface area contributed by atoms with E-state index in [1.54, 1.807) is 13.1 Å². The Morgan fingerprint density at radius 3 is 2.76 bits per heavy atom. The van der Waals surface area contributed by atoms with Crippen molar-refractivity contribution in [1.29, 1.82) is 0 Å². The van der Waals surface area contributed by atoms with Crippen molar-refractivity contribution in [2.24, 2.45) is 0 Å². The van der Waals surface area contributed by atoms with Crippen LogP contribution in [0.1, 0.15) is 18.7 Å². The molecule has 3 aromatic rings. The molecule has 25 heavy (non-hydrogen) atoms. The summed E-state index contributed by atoms with van der Waals surface area (Å²) in [6, 6.07) is 13.7. The first kappa shape index (κ1) is 17.5. The fourth-order valence-corrected chi connectivity index (χ4v) is 2.78. The van der Waals surface area contributed by atoms with Gasteiger partial charge in [0.1, 0.15) is 11.3 Å². The minimum Gasteiger partial charge on any atom is -0.481 e. The van der Waals surface area contributed by atoms with E-state index in [4.69, 9.17) is 9.15 Å². The maximum atomic E-state index is 13.7. The average molecular weight is 406 g/mol. The van der Waals surface area contributed by atoms with Gasteiger partial charge in [0.25, 0.3) is 5.91 Å². The molecule has 0 saturated carbocycles. The lowest BCUT2D eigenvalue weighted by Gasteiger charge is -2.23. The van der Waals surface area contributed by atoms with Gasteiger partial charge in [0, 0.05) is 16.9 Å². The number of hydrogen-bond donors (Lipinski definition) is 0. The number of benzene rings is 2. The van der Waals surface area contributed by atoms with E-state index in [0.29, 0.717) is 10.2 Å². The Labute approximate surface area is 153 Å². The Balaban J connectivity index is 1.66. The van der Waals surface area contributed by atoms with Crippen LogP contribution in [0.3, 0.4) is 0 Å². The maximum Gasteiger partial charge on any atom is 0.260 e. The second-order valence-corrected chi connectivity index (χ2v) is 6.65. The second kappa shape index (κ2) is 7.27. The lowest BCUT2D eigenvalue weighted by atomic mass is 10.2. The number of para-hydroxylation sites is 1. The third kappa shape index (κ3) is 3.85. The molecule has 4 nitrogen and oxygen atoms in total. The second-order valence-electron chi connectivity index (χ2n) is 5.73. The highest BCUT2D eigenvalue weighted by molar-refractivity contribution is 9.10. The first-order valence-corrected chi connectivity index (χ1v) is 8.57. The van der Waals surface area contributed by atoms with E-state index in [0.717, 1.165) is 11.0 Å². The van der Waals surface area contributed by atoms with Gasteiger partial charge in [0.2, 0.25) is 0 Å². The third-order valence-corrected chi connectivity index (χ3v) is 4.57. The number of fused-ring (bicyclic) bond motifs is 1. The zero-order valence-electron chi connectivity index (χ0n) is 13.8. The van der Waals surface area contributed by atoms with E-state index in [2.05, 4.69) is 15.9 Å². The van der Waals surface area contributed by atoms with Gasteiger partial charge >= 0.3 is 0 Å². The predicted octanol–water partition coefficient (Wildman–Crippen LogP) is 4.93. The smallest absolute Gasteiger partial charge is 0.260 e. The number of ether oxygens (including phenoxy) is 1. The Morgan fingerprint density at radius 2 is 2.04 bits per heavy atom. The highest BCUT2D eigenvalue weighted by Crippen LogP contribution is 2.27. The number of furan rings is 1. The molecular formula is C19H17BrFNO3. The molecule has 0 saturated heterocycles. The van der Waals surface area contributed by atoms with Crippen molar-refractivity contribution in [1.82, 2.24) is 4.90 Å². The zero-order chi connectivity index (χ0) is 18.0. The molecular weight excluding hydrogens is 389 g/mol. The summed E-state index contributed by atoms with van der Waals surface area (Å²) >= 11 is 3.18. The van der Waals surface area contributed by atoms with Crippen molar-refractivity contribution < 1.29 is 18.3 Å². The number of rotatable bonds is 5. The first-order valence-electron chi connectivity index (χ1n) is 7.77. The highest BCUT2D eigenvalue weighted by Gasteiger charge is 2.21. The van der Waals surface area contributed by atoms with Crippen LogP contribution in [0.25, 0.3) is 11.0 Å². The van der Waals surface area contributed by atoms with Crippen LogP contribution < -0.4 is 4.74 Å². The van der Waals surface area contributed by atoms with Gasteiger partial charge < -0.3 is 14.1 Å². The Morgan fingerprint density at radius 1 is 1.28 bits per heavy atom. The van der Waals surface area contributed by atoms with E-state index in [1.165, 1.54) is 17.0 Å². The minimum absolute atomic E-state index is 0.0429. The van der Waals surface area contributed by atoms with Gasteiger partial charge in [-0.25, -0.2) is 4.39 Å². The number of likely N-dealkylation sites (N-methyl/N-ethyl adjacent to an activating group) is 1. The van der Waals surface area contributed by atoms with Gasteiger partial charge in [-0.2, -0.15) is 0 Å². The molecule has 2 aromatic carbocycles. The normalized spacial score (nSPS) is 12.2. The number of carbonyl (C=O) groups is 1. The van der Waals surface area contributed by atoms with E-state index < -0.39 is 5.82 Å². The van der Waals surface area contributed by atoms with Crippen LogP contribution in [0, 0.1) is 5.82 Å². The van der Waals surface area contributed by atoms with Crippen molar-refractivity contribution in [2.75, 3.05) is 13.7 Å². The fraction of sp³-hybridized carbons (Fsp3) is 0.211. The summed E-state index contributed by atoms with van der Waals surface area (Å²) in [6.45, 7) is 1.62. The molecule has 1 aromatic heterocycles. The zero-order valence-corrected chi connectivity index (χ0v) is 15.4. The quantitative estimate of drug-likeness (QED) is 0.603. The van der Waals surface area contributed by atoms with Crippen molar-refractivity contribution in [3.8, 4) is 5.75 Å². The van der Waals surface area contributed by atoms with Gasteiger partial charge in [0.05, 0.1) is 6.04 Å². The van der Waals surface area contributed by atoms with Crippen LogP contribution >= 0.6 is 15.9 Å².